The predicted octanol–water partition coefficient (Wildman–Crippen LogP) is -1.29. The van der Waals surface area contributed by atoms with E-state index < -0.39 is 30.3 Å². The van der Waals surface area contributed by atoms with Crippen LogP contribution in [0.1, 0.15) is 11.7 Å². The van der Waals surface area contributed by atoms with Crippen LogP contribution in [0.4, 0.5) is 0 Å². The summed E-state index contributed by atoms with van der Waals surface area (Å²) in [4.78, 5) is 29.3. The highest BCUT2D eigenvalue weighted by Crippen LogP contribution is 2.14. The van der Waals surface area contributed by atoms with Gasteiger partial charge in [0.05, 0.1) is 20.3 Å². The molecule has 1 fully saturated rings. The molecule has 0 saturated carbocycles. The minimum atomic E-state index is -1.27. The molecule has 180 valence electrons. The van der Waals surface area contributed by atoms with Crippen molar-refractivity contribution in [3.8, 4) is 0 Å². The molecule has 1 aliphatic rings. The van der Waals surface area contributed by atoms with Gasteiger partial charge in [-0.3, -0.25) is 14.7 Å². The maximum atomic E-state index is 11.7. The Hall–Kier alpha value is -2.08. The molecular formula is C22H35N3O7. The van der Waals surface area contributed by atoms with E-state index in [9.17, 15) is 24.9 Å². The van der Waals surface area contributed by atoms with Crippen molar-refractivity contribution >= 4 is 11.9 Å². The maximum Gasteiger partial charge on any atom is 0.336 e. The quantitative estimate of drug-likeness (QED) is 0.389. The Morgan fingerprint density at radius 3 is 1.50 bits per heavy atom. The molecule has 3 atom stereocenters. The van der Waals surface area contributed by atoms with Crippen LogP contribution in [0, 0.1) is 0 Å². The number of aliphatic hydroxyl groups is 3. The standard InChI is InChI=1S/C22H35N3O7/c1-31-21(29)19(27)15-24-10-8-23(14-18(26)17-6-4-3-5-7-17)9-11-25(13-12-24)16-20(28)22(30)32-2/h3-7,18-20,26-28H,8-16H2,1-2H3/t18?,19-,20-/m1/s1. The van der Waals surface area contributed by atoms with Crippen LogP contribution in [0.25, 0.3) is 0 Å². The van der Waals surface area contributed by atoms with Gasteiger partial charge in [0, 0.05) is 58.9 Å². The largest absolute Gasteiger partial charge is 0.467 e. The molecule has 0 amide bonds. The third-order valence-electron chi connectivity index (χ3n) is 5.62. The van der Waals surface area contributed by atoms with E-state index in [-0.39, 0.29) is 13.1 Å². The second-order valence-corrected chi connectivity index (χ2v) is 7.91. The molecule has 1 aliphatic heterocycles. The van der Waals surface area contributed by atoms with Crippen molar-refractivity contribution in [3.63, 3.8) is 0 Å². The monoisotopic (exact) mass is 453 g/mol. The van der Waals surface area contributed by atoms with E-state index in [1.807, 2.05) is 40.1 Å². The zero-order valence-electron chi connectivity index (χ0n) is 18.8. The van der Waals surface area contributed by atoms with Gasteiger partial charge in [-0.15, -0.1) is 0 Å². The van der Waals surface area contributed by atoms with Gasteiger partial charge in [-0.2, -0.15) is 0 Å². The van der Waals surface area contributed by atoms with Crippen molar-refractivity contribution in [1.29, 1.82) is 0 Å². The van der Waals surface area contributed by atoms with Gasteiger partial charge in [0.25, 0.3) is 0 Å². The van der Waals surface area contributed by atoms with Gasteiger partial charge in [-0.1, -0.05) is 30.3 Å². The summed E-state index contributed by atoms with van der Waals surface area (Å²) in [6.45, 7) is 4.05. The zero-order valence-corrected chi connectivity index (χ0v) is 18.8. The minimum Gasteiger partial charge on any atom is -0.467 e. The molecule has 1 unspecified atom stereocenters. The topological polar surface area (TPSA) is 123 Å². The highest BCUT2D eigenvalue weighted by Gasteiger charge is 2.25. The lowest BCUT2D eigenvalue weighted by atomic mass is 10.1. The Kier molecular flexibility index (Phi) is 11.0. The minimum absolute atomic E-state index is 0.106. The molecule has 0 spiro atoms. The first-order chi connectivity index (χ1) is 15.3. The van der Waals surface area contributed by atoms with Crippen molar-refractivity contribution in [2.45, 2.75) is 18.3 Å². The number of esters is 2. The molecule has 1 aromatic carbocycles. The maximum absolute atomic E-state index is 11.7. The fraction of sp³-hybridized carbons (Fsp3) is 0.636. The van der Waals surface area contributed by atoms with E-state index in [0.717, 1.165) is 5.56 Å². The van der Waals surface area contributed by atoms with Gasteiger partial charge in [-0.05, 0) is 5.56 Å². The van der Waals surface area contributed by atoms with Gasteiger partial charge in [0.15, 0.2) is 12.2 Å². The van der Waals surface area contributed by atoms with Gasteiger partial charge < -0.3 is 24.8 Å². The molecular weight excluding hydrogens is 418 g/mol. The number of nitrogens with zero attached hydrogens (tertiary/aromatic N) is 3. The number of benzene rings is 1. The Bertz CT molecular complexity index is 670. The lowest BCUT2D eigenvalue weighted by Crippen LogP contribution is -2.44. The first kappa shape index (κ1) is 26.2. The summed E-state index contributed by atoms with van der Waals surface area (Å²) in [6.07, 6.45) is -3.20. The zero-order chi connectivity index (χ0) is 23.5. The van der Waals surface area contributed by atoms with Crippen LogP contribution in [-0.2, 0) is 19.1 Å². The Morgan fingerprint density at radius 1 is 0.750 bits per heavy atom. The number of hydrogen-bond donors (Lipinski definition) is 3. The molecule has 10 nitrogen and oxygen atoms in total. The highest BCUT2D eigenvalue weighted by atomic mass is 16.5. The molecule has 3 N–H and O–H groups in total. The fourth-order valence-corrected chi connectivity index (χ4v) is 3.67. The van der Waals surface area contributed by atoms with Crippen LogP contribution < -0.4 is 0 Å². The number of ether oxygens (including phenoxy) is 2. The van der Waals surface area contributed by atoms with E-state index in [4.69, 9.17) is 0 Å². The Morgan fingerprint density at radius 2 is 1.12 bits per heavy atom. The molecule has 0 aromatic heterocycles. The normalized spacial score (nSPS) is 19.8. The van der Waals surface area contributed by atoms with Gasteiger partial charge in [0.1, 0.15) is 0 Å². The van der Waals surface area contributed by atoms with Gasteiger partial charge >= 0.3 is 11.9 Å². The Balaban J connectivity index is 2.08. The number of rotatable bonds is 9. The molecule has 2 rings (SSSR count). The lowest BCUT2D eigenvalue weighted by molar-refractivity contribution is -0.152. The highest BCUT2D eigenvalue weighted by molar-refractivity contribution is 5.74. The first-order valence-electron chi connectivity index (χ1n) is 10.8. The van der Waals surface area contributed by atoms with E-state index in [1.165, 1.54) is 14.2 Å². The van der Waals surface area contributed by atoms with Crippen molar-refractivity contribution in [1.82, 2.24) is 14.7 Å². The molecule has 1 saturated heterocycles. The van der Waals surface area contributed by atoms with Crippen LogP contribution >= 0.6 is 0 Å². The third kappa shape index (κ3) is 8.45. The van der Waals surface area contributed by atoms with Crippen molar-refractivity contribution in [3.05, 3.63) is 35.9 Å². The molecule has 1 heterocycles. The van der Waals surface area contributed by atoms with E-state index in [1.54, 1.807) is 0 Å². The summed E-state index contributed by atoms with van der Waals surface area (Å²) in [5, 5.41) is 30.9. The number of hydrogen-bond acceptors (Lipinski definition) is 10. The summed E-state index contributed by atoms with van der Waals surface area (Å²) in [7, 11) is 2.46. The smallest absolute Gasteiger partial charge is 0.336 e. The Labute approximate surface area is 188 Å². The predicted molar refractivity (Wildman–Crippen MR) is 117 cm³/mol. The molecule has 0 radical (unpaired) electrons. The van der Waals surface area contributed by atoms with Crippen LogP contribution in [0.5, 0.6) is 0 Å². The van der Waals surface area contributed by atoms with Crippen molar-refractivity contribution in [2.75, 3.05) is 73.1 Å². The second-order valence-electron chi connectivity index (χ2n) is 7.91. The van der Waals surface area contributed by atoms with Crippen LogP contribution in [0.15, 0.2) is 30.3 Å². The third-order valence-corrected chi connectivity index (χ3v) is 5.62. The number of methoxy groups -OCH3 is 2. The fourth-order valence-electron chi connectivity index (χ4n) is 3.67. The molecule has 32 heavy (non-hydrogen) atoms. The lowest BCUT2D eigenvalue weighted by Gasteiger charge is -2.28. The summed E-state index contributed by atoms with van der Waals surface area (Å²) >= 11 is 0. The molecule has 0 bridgehead atoms. The number of aliphatic hydroxyl groups excluding tert-OH is 3. The van der Waals surface area contributed by atoms with Crippen LogP contribution in [0.2, 0.25) is 0 Å². The second kappa shape index (κ2) is 13.5. The average Bonchev–Trinajstić information content (AvgIpc) is 2.90. The molecule has 10 heteroatoms. The average molecular weight is 454 g/mol. The molecule has 1 aromatic rings. The van der Waals surface area contributed by atoms with Crippen molar-refractivity contribution < 1.29 is 34.4 Å². The van der Waals surface area contributed by atoms with Crippen molar-refractivity contribution in [2.24, 2.45) is 0 Å². The summed E-state index contributed by atoms with van der Waals surface area (Å²) in [5.41, 5.74) is 0.823. The number of carbonyl (C=O) groups is 2. The summed E-state index contributed by atoms with van der Waals surface area (Å²) < 4.78 is 9.23. The summed E-state index contributed by atoms with van der Waals surface area (Å²) in [6, 6.07) is 9.40. The van der Waals surface area contributed by atoms with E-state index in [2.05, 4.69) is 14.4 Å². The first-order valence-corrected chi connectivity index (χ1v) is 10.8. The van der Waals surface area contributed by atoms with Gasteiger partial charge in [0.2, 0.25) is 0 Å². The van der Waals surface area contributed by atoms with Crippen LogP contribution in [0.3, 0.4) is 0 Å². The number of β-amino-alcohol motifs (C(OH)–C–C–N with tert-alkyl or cyclic N) is 3. The van der Waals surface area contributed by atoms with Gasteiger partial charge in [-0.25, -0.2) is 9.59 Å². The SMILES string of the molecule is COC(=O)[C@H](O)CN1CCN(CC(O)c2ccccc2)CCN(C[C@@H](O)C(=O)OC)CC1. The molecule has 0 aliphatic carbocycles. The summed E-state index contributed by atoms with van der Waals surface area (Å²) in [5.74, 6) is -1.39. The van der Waals surface area contributed by atoms with Crippen LogP contribution in [-0.4, -0.2) is 127 Å². The number of carbonyl (C=O) groups excluding carboxylic acids is 2. The van der Waals surface area contributed by atoms with E-state index in [0.29, 0.717) is 45.8 Å². The van der Waals surface area contributed by atoms with E-state index >= 15 is 0 Å².